The lowest BCUT2D eigenvalue weighted by Gasteiger charge is -2.31. The Hall–Kier alpha value is -0.380. The highest BCUT2D eigenvalue weighted by atomic mass is 127. The molecule has 0 aromatic carbocycles. The summed E-state index contributed by atoms with van der Waals surface area (Å²) in [5.74, 6) is 1.41. The van der Waals surface area contributed by atoms with Crippen molar-refractivity contribution in [1.82, 2.24) is 15.5 Å². The molecule has 1 aromatic rings. The van der Waals surface area contributed by atoms with Crippen LogP contribution < -0.4 is 10.6 Å². The van der Waals surface area contributed by atoms with E-state index in [4.69, 9.17) is 9.73 Å². The van der Waals surface area contributed by atoms with Gasteiger partial charge in [-0.1, -0.05) is 13.0 Å². The maximum atomic E-state index is 5.41. The van der Waals surface area contributed by atoms with Crippen LogP contribution in [0.1, 0.15) is 31.6 Å². The van der Waals surface area contributed by atoms with Crippen LogP contribution in [0.2, 0.25) is 0 Å². The van der Waals surface area contributed by atoms with Gasteiger partial charge in [-0.15, -0.1) is 35.3 Å². The first-order chi connectivity index (χ1) is 11.2. The summed E-state index contributed by atoms with van der Waals surface area (Å²) in [6, 6.07) is 4.76. The predicted molar refractivity (Wildman–Crippen MR) is 114 cm³/mol. The van der Waals surface area contributed by atoms with Crippen LogP contribution in [-0.4, -0.2) is 62.8 Å². The molecule has 1 aliphatic heterocycles. The highest BCUT2D eigenvalue weighted by Gasteiger charge is 2.16. The number of morpholine rings is 1. The summed E-state index contributed by atoms with van der Waals surface area (Å²) in [5, 5.41) is 8.94. The summed E-state index contributed by atoms with van der Waals surface area (Å²) < 4.78 is 5.41. The van der Waals surface area contributed by atoms with Gasteiger partial charge >= 0.3 is 0 Å². The second-order valence-corrected chi connectivity index (χ2v) is 6.99. The van der Waals surface area contributed by atoms with Gasteiger partial charge in [0.1, 0.15) is 0 Å². The third kappa shape index (κ3) is 7.25. The van der Waals surface area contributed by atoms with E-state index in [9.17, 15) is 0 Å². The van der Waals surface area contributed by atoms with E-state index in [0.29, 0.717) is 12.0 Å². The van der Waals surface area contributed by atoms with Crippen LogP contribution in [0.25, 0.3) is 0 Å². The topological polar surface area (TPSA) is 48.9 Å². The molecular weight excluding hydrogens is 435 g/mol. The molecule has 0 amide bonds. The van der Waals surface area contributed by atoms with Gasteiger partial charge in [-0.25, -0.2) is 0 Å². The molecule has 0 spiro atoms. The Balaban J connectivity index is 0.00000288. The molecule has 2 unspecified atom stereocenters. The Morgan fingerprint density at radius 1 is 1.33 bits per heavy atom. The van der Waals surface area contributed by atoms with Gasteiger partial charge in [-0.05, 0) is 25.3 Å². The number of hydrogen-bond acceptors (Lipinski definition) is 4. The Labute approximate surface area is 167 Å². The molecule has 0 radical (unpaired) electrons. The fourth-order valence-corrected chi connectivity index (χ4v) is 3.41. The van der Waals surface area contributed by atoms with E-state index in [1.54, 1.807) is 0 Å². The van der Waals surface area contributed by atoms with E-state index in [-0.39, 0.29) is 24.0 Å². The standard InChI is InChI=1S/C17H30N4OS.HI/c1-4-18-17(19-12-14(2)16-6-5-11-23-16)20-13-15(3)21-7-9-22-10-8-21;/h5-6,11,14-15H,4,7-10,12-13H2,1-3H3,(H2,18,19,20);1H. The van der Waals surface area contributed by atoms with Crippen molar-refractivity contribution in [3.05, 3.63) is 22.4 Å². The summed E-state index contributed by atoms with van der Waals surface area (Å²) in [7, 11) is 0. The van der Waals surface area contributed by atoms with E-state index in [1.807, 2.05) is 11.3 Å². The predicted octanol–water partition coefficient (Wildman–Crippen LogP) is 2.75. The lowest BCUT2D eigenvalue weighted by Crippen LogP contribution is -2.44. The van der Waals surface area contributed by atoms with Crippen LogP contribution >= 0.6 is 35.3 Å². The molecular formula is C17H31IN4OS. The molecule has 1 aliphatic rings. The number of ether oxygens (including phenoxy) is 1. The van der Waals surface area contributed by atoms with E-state index >= 15 is 0 Å². The van der Waals surface area contributed by atoms with Crippen LogP contribution in [-0.2, 0) is 4.74 Å². The summed E-state index contributed by atoms with van der Waals surface area (Å²) in [6.07, 6.45) is 0. The van der Waals surface area contributed by atoms with Gasteiger partial charge in [0.05, 0.1) is 19.8 Å². The lowest BCUT2D eigenvalue weighted by molar-refractivity contribution is 0.0220. The Morgan fingerprint density at radius 3 is 2.71 bits per heavy atom. The first-order valence-electron chi connectivity index (χ1n) is 8.58. The van der Waals surface area contributed by atoms with Gasteiger partial charge in [0, 0.05) is 43.0 Å². The lowest BCUT2D eigenvalue weighted by atomic mass is 10.1. The molecule has 24 heavy (non-hydrogen) atoms. The number of nitrogens with zero attached hydrogens (tertiary/aromatic N) is 2. The van der Waals surface area contributed by atoms with Crippen LogP contribution in [0.3, 0.4) is 0 Å². The molecule has 5 nitrogen and oxygen atoms in total. The summed E-state index contributed by atoms with van der Waals surface area (Å²) in [5.41, 5.74) is 0. The third-order valence-electron chi connectivity index (χ3n) is 4.13. The Kier molecular flexibility index (Phi) is 10.9. The quantitative estimate of drug-likeness (QED) is 0.369. The number of rotatable bonds is 7. The minimum absolute atomic E-state index is 0. The smallest absolute Gasteiger partial charge is 0.191 e. The van der Waals surface area contributed by atoms with Crippen molar-refractivity contribution < 1.29 is 4.74 Å². The highest BCUT2D eigenvalue weighted by Crippen LogP contribution is 2.19. The summed E-state index contributed by atoms with van der Waals surface area (Å²) in [4.78, 5) is 8.62. The van der Waals surface area contributed by atoms with Gasteiger partial charge in [-0.2, -0.15) is 0 Å². The van der Waals surface area contributed by atoms with Crippen molar-refractivity contribution in [2.75, 3.05) is 45.9 Å². The van der Waals surface area contributed by atoms with Gasteiger partial charge in [0.25, 0.3) is 0 Å². The largest absolute Gasteiger partial charge is 0.379 e. The van der Waals surface area contributed by atoms with Crippen molar-refractivity contribution in [2.24, 2.45) is 4.99 Å². The third-order valence-corrected chi connectivity index (χ3v) is 5.24. The molecule has 2 heterocycles. The normalized spacial score (nSPS) is 18.5. The maximum absolute atomic E-state index is 5.41. The van der Waals surface area contributed by atoms with Gasteiger partial charge < -0.3 is 15.4 Å². The van der Waals surface area contributed by atoms with Gasteiger partial charge in [-0.3, -0.25) is 9.89 Å². The SMILES string of the molecule is CCNC(=NCC(C)N1CCOCC1)NCC(C)c1cccs1.I. The number of nitrogens with one attached hydrogen (secondary N) is 2. The summed E-state index contributed by atoms with van der Waals surface area (Å²) in [6.45, 7) is 12.9. The number of aliphatic imine (C=N–C) groups is 1. The minimum Gasteiger partial charge on any atom is -0.379 e. The molecule has 138 valence electrons. The van der Waals surface area contributed by atoms with E-state index in [0.717, 1.165) is 51.9 Å². The van der Waals surface area contributed by atoms with Crippen LogP contribution in [0.5, 0.6) is 0 Å². The fraction of sp³-hybridized carbons (Fsp3) is 0.706. The van der Waals surface area contributed by atoms with Crippen LogP contribution in [0.15, 0.2) is 22.5 Å². The monoisotopic (exact) mass is 466 g/mol. The van der Waals surface area contributed by atoms with Gasteiger partial charge in [0.15, 0.2) is 5.96 Å². The van der Waals surface area contributed by atoms with E-state index < -0.39 is 0 Å². The zero-order chi connectivity index (χ0) is 16.5. The van der Waals surface area contributed by atoms with Crippen molar-refractivity contribution in [1.29, 1.82) is 0 Å². The molecule has 7 heteroatoms. The van der Waals surface area contributed by atoms with E-state index in [2.05, 4.69) is 53.8 Å². The maximum Gasteiger partial charge on any atom is 0.191 e. The highest BCUT2D eigenvalue weighted by molar-refractivity contribution is 14.0. The fourth-order valence-electron chi connectivity index (χ4n) is 2.62. The molecule has 0 bridgehead atoms. The zero-order valence-electron chi connectivity index (χ0n) is 15.0. The molecule has 2 atom stereocenters. The molecule has 1 saturated heterocycles. The average Bonchev–Trinajstić information content (AvgIpc) is 3.12. The number of thiophene rings is 1. The molecule has 2 N–H and O–H groups in total. The van der Waals surface area contributed by atoms with Crippen molar-refractivity contribution in [3.8, 4) is 0 Å². The number of guanidine groups is 1. The second-order valence-electron chi connectivity index (χ2n) is 6.01. The average molecular weight is 466 g/mol. The molecule has 1 aromatic heterocycles. The molecule has 0 saturated carbocycles. The molecule has 0 aliphatic carbocycles. The van der Waals surface area contributed by atoms with Crippen LogP contribution in [0, 0.1) is 0 Å². The molecule has 2 rings (SSSR count). The second kappa shape index (κ2) is 12.1. The van der Waals surface area contributed by atoms with Crippen molar-refractivity contribution in [3.63, 3.8) is 0 Å². The van der Waals surface area contributed by atoms with Crippen molar-refractivity contribution >= 4 is 41.3 Å². The van der Waals surface area contributed by atoms with Crippen LogP contribution in [0.4, 0.5) is 0 Å². The Bertz CT molecular complexity index is 463. The minimum atomic E-state index is 0. The zero-order valence-corrected chi connectivity index (χ0v) is 18.1. The van der Waals surface area contributed by atoms with Crippen molar-refractivity contribution in [2.45, 2.75) is 32.7 Å². The Morgan fingerprint density at radius 2 is 2.08 bits per heavy atom. The molecule has 1 fully saturated rings. The number of halogens is 1. The first-order valence-corrected chi connectivity index (χ1v) is 9.46. The van der Waals surface area contributed by atoms with E-state index in [1.165, 1.54) is 4.88 Å². The first kappa shape index (κ1) is 21.7. The number of hydrogen-bond donors (Lipinski definition) is 2. The summed E-state index contributed by atoms with van der Waals surface area (Å²) >= 11 is 1.81. The van der Waals surface area contributed by atoms with Gasteiger partial charge in [0.2, 0.25) is 0 Å².